The number of hydrogen-bond acceptors (Lipinski definition) is 2. The van der Waals surface area contributed by atoms with E-state index in [9.17, 15) is 22.4 Å². The van der Waals surface area contributed by atoms with Crippen LogP contribution in [-0.2, 0) is 12.6 Å². The van der Waals surface area contributed by atoms with E-state index in [4.69, 9.17) is 5.26 Å². The molecule has 0 radical (unpaired) electrons. The molecule has 25 heavy (non-hydrogen) atoms. The molecule has 0 aliphatic carbocycles. The van der Waals surface area contributed by atoms with Gasteiger partial charge in [0.25, 0.3) is 0 Å². The first kappa shape index (κ1) is 16.7. The van der Waals surface area contributed by atoms with Crippen LogP contribution in [0.2, 0.25) is 0 Å². The van der Waals surface area contributed by atoms with E-state index >= 15 is 0 Å². The molecule has 1 N–H and O–H groups in total. The molecule has 1 heterocycles. The molecule has 0 spiro atoms. The summed E-state index contributed by atoms with van der Waals surface area (Å²) in [5.41, 5.74) is -0.528. The number of rotatable bonds is 2. The average molecular weight is 346 g/mol. The highest BCUT2D eigenvalue weighted by Gasteiger charge is 2.29. The van der Waals surface area contributed by atoms with Crippen molar-refractivity contribution in [3.63, 3.8) is 0 Å². The molecule has 126 valence electrons. The van der Waals surface area contributed by atoms with Crippen LogP contribution in [0.25, 0.3) is 10.9 Å². The van der Waals surface area contributed by atoms with Gasteiger partial charge in [-0.2, -0.15) is 18.4 Å². The molecule has 0 unspecified atom stereocenters. The summed E-state index contributed by atoms with van der Waals surface area (Å²) < 4.78 is 52.0. The number of aromatic amines is 1. The smallest absolute Gasteiger partial charge is 0.360 e. The number of hydrogen-bond donors (Lipinski definition) is 1. The van der Waals surface area contributed by atoms with E-state index in [1.165, 1.54) is 24.4 Å². The Bertz CT molecular complexity index is 1040. The van der Waals surface area contributed by atoms with Crippen LogP contribution in [0.1, 0.15) is 22.3 Å². The van der Waals surface area contributed by atoms with Gasteiger partial charge in [-0.05, 0) is 35.4 Å². The fourth-order valence-electron chi connectivity index (χ4n) is 2.54. The van der Waals surface area contributed by atoms with Crippen LogP contribution in [0.3, 0.4) is 0 Å². The number of benzene rings is 2. The Kier molecular flexibility index (Phi) is 4.05. The maximum absolute atomic E-state index is 14.2. The Morgan fingerprint density at radius 2 is 1.80 bits per heavy atom. The van der Waals surface area contributed by atoms with Gasteiger partial charge in [-0.3, -0.25) is 4.79 Å². The van der Waals surface area contributed by atoms with Crippen LogP contribution in [0.15, 0.2) is 47.4 Å². The zero-order chi connectivity index (χ0) is 18.2. The van der Waals surface area contributed by atoms with Crippen LogP contribution in [0.5, 0.6) is 0 Å². The number of pyridine rings is 1. The highest BCUT2D eigenvalue weighted by Crippen LogP contribution is 2.29. The van der Waals surface area contributed by atoms with E-state index in [1.54, 1.807) is 6.07 Å². The second kappa shape index (κ2) is 6.06. The number of nitrogens with zero attached hydrogens (tertiary/aromatic N) is 1. The van der Waals surface area contributed by atoms with E-state index in [0.29, 0.717) is 5.56 Å². The van der Waals surface area contributed by atoms with Gasteiger partial charge in [-0.25, -0.2) is 4.39 Å². The first-order valence-corrected chi connectivity index (χ1v) is 7.19. The molecule has 0 atom stereocenters. The largest absolute Gasteiger partial charge is 0.416 e. The first-order valence-electron chi connectivity index (χ1n) is 7.19. The third kappa shape index (κ3) is 3.24. The molecule has 3 rings (SSSR count). The van der Waals surface area contributed by atoms with E-state index < -0.39 is 23.0 Å². The van der Waals surface area contributed by atoms with Crippen molar-refractivity contribution in [2.45, 2.75) is 12.6 Å². The van der Waals surface area contributed by atoms with Gasteiger partial charge in [-0.15, -0.1) is 0 Å². The molecule has 0 aliphatic rings. The van der Waals surface area contributed by atoms with Gasteiger partial charge < -0.3 is 4.98 Å². The number of alkyl halides is 3. The molecular weight excluding hydrogens is 336 g/mol. The molecule has 7 heteroatoms. The van der Waals surface area contributed by atoms with Crippen molar-refractivity contribution in [1.29, 1.82) is 5.26 Å². The summed E-state index contributed by atoms with van der Waals surface area (Å²) in [6.07, 6.45) is -3.20. The summed E-state index contributed by atoms with van der Waals surface area (Å²) in [5.74, 6) is -0.590. The molecular formula is C18H10F4N2O. The monoisotopic (exact) mass is 346 g/mol. The lowest BCUT2D eigenvalue weighted by Gasteiger charge is -2.09. The summed E-state index contributed by atoms with van der Waals surface area (Å²) in [6, 6.07) is 8.59. The molecule has 0 amide bonds. The number of aromatic nitrogens is 1. The van der Waals surface area contributed by atoms with Gasteiger partial charge in [0.05, 0.1) is 11.1 Å². The van der Waals surface area contributed by atoms with Crippen LogP contribution < -0.4 is 5.43 Å². The van der Waals surface area contributed by atoms with Gasteiger partial charge in [0, 0.05) is 18.0 Å². The fraction of sp³-hybridized carbons (Fsp3) is 0.111. The van der Waals surface area contributed by atoms with Crippen LogP contribution in [0, 0.1) is 17.1 Å². The van der Waals surface area contributed by atoms with E-state index in [1.807, 2.05) is 0 Å². The predicted molar refractivity (Wildman–Crippen MR) is 83.5 cm³/mol. The fourth-order valence-corrected chi connectivity index (χ4v) is 2.54. The first-order chi connectivity index (χ1) is 11.8. The number of H-pyrrole nitrogens is 1. The van der Waals surface area contributed by atoms with Crippen molar-refractivity contribution in [3.8, 4) is 6.07 Å². The Balaban J connectivity index is 2.01. The summed E-state index contributed by atoms with van der Waals surface area (Å²) in [5, 5.41) is 9.05. The Labute approximate surface area is 139 Å². The zero-order valence-corrected chi connectivity index (χ0v) is 12.6. The minimum atomic E-state index is -4.44. The topological polar surface area (TPSA) is 56.6 Å². The van der Waals surface area contributed by atoms with Gasteiger partial charge >= 0.3 is 6.18 Å². The van der Waals surface area contributed by atoms with Crippen molar-refractivity contribution in [2.24, 2.45) is 0 Å². The van der Waals surface area contributed by atoms with Gasteiger partial charge in [0.15, 0.2) is 0 Å². The highest BCUT2D eigenvalue weighted by molar-refractivity contribution is 5.80. The normalized spacial score (nSPS) is 11.5. The number of halogens is 4. The van der Waals surface area contributed by atoms with E-state index in [-0.39, 0.29) is 28.5 Å². The van der Waals surface area contributed by atoms with E-state index in [2.05, 4.69) is 4.98 Å². The minimum Gasteiger partial charge on any atom is -0.360 e. The second-order valence-corrected chi connectivity index (χ2v) is 5.50. The quantitative estimate of drug-likeness (QED) is 0.709. The van der Waals surface area contributed by atoms with Gasteiger partial charge in [0.1, 0.15) is 17.4 Å². The standard InChI is InChI=1S/C18H10F4N2O/c19-15-7-16-14(17(25)12(8-23)9-24-16)6-11(15)5-10-1-3-13(4-2-10)18(20,21)22/h1-4,6-7,9H,5H2,(H,24,25). The molecule has 0 saturated heterocycles. The lowest BCUT2D eigenvalue weighted by molar-refractivity contribution is -0.137. The van der Waals surface area contributed by atoms with Crippen LogP contribution in [0.4, 0.5) is 17.6 Å². The molecule has 0 bridgehead atoms. The van der Waals surface area contributed by atoms with E-state index in [0.717, 1.165) is 18.2 Å². The lowest BCUT2D eigenvalue weighted by Crippen LogP contribution is -2.08. The molecule has 1 aromatic heterocycles. The second-order valence-electron chi connectivity index (χ2n) is 5.50. The summed E-state index contributed by atoms with van der Waals surface area (Å²) >= 11 is 0. The third-order valence-electron chi connectivity index (χ3n) is 3.84. The van der Waals surface area contributed by atoms with Crippen molar-refractivity contribution in [2.75, 3.05) is 0 Å². The lowest BCUT2D eigenvalue weighted by atomic mass is 10.0. The number of nitrogens with one attached hydrogen (secondary N) is 1. The Morgan fingerprint density at radius 3 is 2.40 bits per heavy atom. The molecule has 0 saturated carbocycles. The van der Waals surface area contributed by atoms with Crippen LogP contribution >= 0.6 is 0 Å². The SMILES string of the molecule is N#Cc1c[nH]c2cc(F)c(Cc3ccc(C(F)(F)F)cc3)cc2c1=O. The van der Waals surface area contributed by atoms with Crippen LogP contribution in [-0.4, -0.2) is 4.98 Å². The van der Waals surface area contributed by atoms with Crippen molar-refractivity contribution in [3.05, 3.63) is 80.9 Å². The van der Waals surface area contributed by atoms with Crippen molar-refractivity contribution in [1.82, 2.24) is 4.98 Å². The Morgan fingerprint density at radius 1 is 1.12 bits per heavy atom. The third-order valence-corrected chi connectivity index (χ3v) is 3.84. The number of fused-ring (bicyclic) bond motifs is 1. The number of nitriles is 1. The van der Waals surface area contributed by atoms with Crippen molar-refractivity contribution >= 4 is 10.9 Å². The van der Waals surface area contributed by atoms with Crippen molar-refractivity contribution < 1.29 is 17.6 Å². The molecule has 2 aromatic carbocycles. The predicted octanol–water partition coefficient (Wildman–Crippen LogP) is 4.15. The summed E-state index contributed by atoms with van der Waals surface area (Å²) in [4.78, 5) is 14.8. The van der Waals surface area contributed by atoms with Gasteiger partial charge in [-0.1, -0.05) is 12.1 Å². The maximum atomic E-state index is 14.2. The maximum Gasteiger partial charge on any atom is 0.416 e. The van der Waals surface area contributed by atoms with Gasteiger partial charge in [0.2, 0.25) is 5.43 Å². The zero-order valence-electron chi connectivity index (χ0n) is 12.6. The average Bonchev–Trinajstić information content (AvgIpc) is 2.56. The summed E-state index contributed by atoms with van der Waals surface area (Å²) in [6.45, 7) is 0. The molecule has 3 nitrogen and oxygen atoms in total. The highest BCUT2D eigenvalue weighted by atomic mass is 19.4. The minimum absolute atomic E-state index is 0.0239. The molecule has 0 fully saturated rings. The molecule has 3 aromatic rings. The summed E-state index contributed by atoms with van der Waals surface area (Å²) in [7, 11) is 0. The molecule has 0 aliphatic heterocycles. The Hall–Kier alpha value is -3.14.